The molecule has 10 nitrogen and oxygen atoms in total. The number of nitrogens with one attached hydrogen (secondary N) is 2. The third-order valence-corrected chi connectivity index (χ3v) is 6.77. The first-order valence-electron chi connectivity index (χ1n) is 11.1. The van der Waals surface area contributed by atoms with Crippen molar-refractivity contribution in [2.24, 2.45) is 0 Å². The molecular weight excluding hydrogens is 454 g/mol. The standard InChI is InChI=1S/C23H29N7O3S/c1-15-5-6-17(31)16(2)21(15)26-22(33)18-13-24-23(34-18)25-19-7-10-30(27-19)14-20(32)29-9-4-8-28(3)11-12-29/h5-7,10,13,31H,4,8-9,11-12,14H2,1-3H3,(H,26,33)(H,24,25,27). The summed E-state index contributed by atoms with van der Waals surface area (Å²) in [7, 11) is 2.07. The van der Waals surface area contributed by atoms with Crippen molar-refractivity contribution >= 4 is 39.8 Å². The SMILES string of the molecule is Cc1ccc(O)c(C)c1NC(=O)c1cnc(Nc2ccn(CC(=O)N3CCCN(C)CC3)n2)s1. The van der Waals surface area contributed by atoms with Gasteiger partial charge in [0.2, 0.25) is 5.91 Å². The Labute approximate surface area is 202 Å². The van der Waals surface area contributed by atoms with E-state index in [1.807, 2.05) is 11.8 Å². The number of hydrogen-bond acceptors (Lipinski definition) is 8. The lowest BCUT2D eigenvalue weighted by Crippen LogP contribution is -2.36. The minimum absolute atomic E-state index is 0.0516. The van der Waals surface area contributed by atoms with Gasteiger partial charge in [0, 0.05) is 37.5 Å². The molecule has 3 N–H and O–H groups in total. The summed E-state index contributed by atoms with van der Waals surface area (Å²) in [5, 5.41) is 20.8. The average molecular weight is 484 g/mol. The number of likely N-dealkylation sites (N-methyl/N-ethyl adjacent to an activating group) is 1. The molecule has 0 saturated carbocycles. The van der Waals surface area contributed by atoms with Crippen molar-refractivity contribution in [2.75, 3.05) is 43.9 Å². The zero-order chi connectivity index (χ0) is 24.2. The lowest BCUT2D eigenvalue weighted by Gasteiger charge is -2.20. The molecular formula is C23H29N7O3S. The zero-order valence-corrected chi connectivity index (χ0v) is 20.4. The predicted molar refractivity (Wildman–Crippen MR) is 132 cm³/mol. The van der Waals surface area contributed by atoms with Crippen molar-refractivity contribution in [1.29, 1.82) is 0 Å². The predicted octanol–water partition coefficient (Wildman–Crippen LogP) is 2.82. The molecule has 34 heavy (non-hydrogen) atoms. The first-order valence-corrected chi connectivity index (χ1v) is 11.9. The monoisotopic (exact) mass is 483 g/mol. The van der Waals surface area contributed by atoms with Crippen molar-refractivity contribution in [3.8, 4) is 5.75 Å². The number of aromatic nitrogens is 3. The Bertz CT molecular complexity index is 1190. The smallest absolute Gasteiger partial charge is 0.267 e. The number of aryl methyl sites for hydroxylation is 1. The van der Waals surface area contributed by atoms with Crippen LogP contribution in [0.2, 0.25) is 0 Å². The summed E-state index contributed by atoms with van der Waals surface area (Å²) in [5.41, 5.74) is 2.06. The fourth-order valence-corrected chi connectivity index (χ4v) is 4.52. The number of hydrogen-bond donors (Lipinski definition) is 3. The Kier molecular flexibility index (Phi) is 7.13. The maximum atomic E-state index is 12.7. The van der Waals surface area contributed by atoms with Gasteiger partial charge in [-0.05, 0) is 45.5 Å². The lowest BCUT2D eigenvalue weighted by molar-refractivity contribution is -0.131. The van der Waals surface area contributed by atoms with Crippen LogP contribution in [-0.2, 0) is 11.3 Å². The number of amides is 2. The molecule has 0 bridgehead atoms. The average Bonchev–Trinajstić information content (AvgIpc) is 3.40. The fourth-order valence-electron chi connectivity index (χ4n) is 3.80. The second-order valence-electron chi connectivity index (χ2n) is 8.45. The van der Waals surface area contributed by atoms with Gasteiger partial charge in [-0.15, -0.1) is 0 Å². The molecule has 11 heteroatoms. The Hall–Kier alpha value is -3.44. The third kappa shape index (κ3) is 5.54. The highest BCUT2D eigenvalue weighted by atomic mass is 32.1. The molecule has 2 aromatic heterocycles. The molecule has 3 heterocycles. The molecule has 0 aliphatic carbocycles. The molecule has 1 fully saturated rings. The van der Waals surface area contributed by atoms with Gasteiger partial charge in [0.1, 0.15) is 17.2 Å². The molecule has 1 aliphatic rings. The van der Waals surface area contributed by atoms with E-state index in [0.29, 0.717) is 27.1 Å². The zero-order valence-electron chi connectivity index (χ0n) is 19.5. The van der Waals surface area contributed by atoms with E-state index in [1.54, 1.807) is 36.0 Å². The molecule has 2 amide bonds. The number of aromatic hydroxyl groups is 1. The third-order valence-electron chi connectivity index (χ3n) is 5.86. The minimum atomic E-state index is -0.304. The number of benzene rings is 1. The van der Waals surface area contributed by atoms with Crippen LogP contribution in [0.3, 0.4) is 0 Å². The number of thiazole rings is 1. The summed E-state index contributed by atoms with van der Waals surface area (Å²) < 4.78 is 1.61. The maximum absolute atomic E-state index is 12.7. The molecule has 180 valence electrons. The van der Waals surface area contributed by atoms with Crippen molar-refractivity contribution in [1.82, 2.24) is 24.6 Å². The van der Waals surface area contributed by atoms with E-state index < -0.39 is 0 Å². The van der Waals surface area contributed by atoms with Crippen LogP contribution in [-0.4, -0.2) is 74.7 Å². The number of rotatable bonds is 6. The number of anilines is 3. The fraction of sp³-hybridized carbons (Fsp3) is 0.391. The molecule has 0 atom stereocenters. The molecule has 3 aromatic rings. The Balaban J connectivity index is 1.35. The first-order chi connectivity index (χ1) is 16.3. The number of phenolic OH excluding ortho intramolecular Hbond substituents is 1. The van der Waals surface area contributed by atoms with Gasteiger partial charge in [0.25, 0.3) is 5.91 Å². The summed E-state index contributed by atoms with van der Waals surface area (Å²) in [6.07, 6.45) is 4.21. The quantitative estimate of drug-likeness (QED) is 0.494. The summed E-state index contributed by atoms with van der Waals surface area (Å²) >= 11 is 1.19. The van der Waals surface area contributed by atoms with Gasteiger partial charge in [-0.2, -0.15) is 5.10 Å². The van der Waals surface area contributed by atoms with Gasteiger partial charge in [-0.3, -0.25) is 14.3 Å². The van der Waals surface area contributed by atoms with Crippen molar-refractivity contribution in [3.05, 3.63) is 46.6 Å². The van der Waals surface area contributed by atoms with Crippen molar-refractivity contribution in [2.45, 2.75) is 26.8 Å². The van der Waals surface area contributed by atoms with Crippen LogP contribution in [0.4, 0.5) is 16.6 Å². The van der Waals surface area contributed by atoms with Gasteiger partial charge >= 0.3 is 0 Å². The van der Waals surface area contributed by atoms with Crippen LogP contribution in [0.25, 0.3) is 0 Å². The number of carbonyl (C=O) groups excluding carboxylic acids is 2. The summed E-state index contributed by atoms with van der Waals surface area (Å²) in [6.45, 7) is 7.18. The molecule has 1 saturated heterocycles. The van der Waals surface area contributed by atoms with E-state index in [0.717, 1.165) is 38.2 Å². The van der Waals surface area contributed by atoms with E-state index in [2.05, 4.69) is 32.7 Å². The van der Waals surface area contributed by atoms with Gasteiger partial charge in [-0.25, -0.2) is 4.98 Å². The van der Waals surface area contributed by atoms with E-state index in [1.165, 1.54) is 17.5 Å². The largest absolute Gasteiger partial charge is 0.508 e. The molecule has 0 unspecified atom stereocenters. The minimum Gasteiger partial charge on any atom is -0.508 e. The topological polar surface area (TPSA) is 116 Å². The lowest BCUT2D eigenvalue weighted by atomic mass is 10.1. The molecule has 1 aromatic carbocycles. The van der Waals surface area contributed by atoms with Crippen molar-refractivity contribution in [3.63, 3.8) is 0 Å². The highest BCUT2D eigenvalue weighted by Crippen LogP contribution is 2.29. The van der Waals surface area contributed by atoms with Crippen LogP contribution in [0.1, 0.15) is 27.2 Å². The first kappa shape index (κ1) is 23.7. The summed E-state index contributed by atoms with van der Waals surface area (Å²) in [5.74, 6) is 0.423. The Morgan fingerprint density at radius 1 is 1.15 bits per heavy atom. The van der Waals surface area contributed by atoms with E-state index >= 15 is 0 Å². The molecule has 4 rings (SSSR count). The van der Waals surface area contributed by atoms with Crippen molar-refractivity contribution < 1.29 is 14.7 Å². The summed E-state index contributed by atoms with van der Waals surface area (Å²) in [6, 6.07) is 5.13. The highest BCUT2D eigenvalue weighted by Gasteiger charge is 2.19. The second kappa shape index (κ2) is 10.2. The van der Waals surface area contributed by atoms with E-state index in [-0.39, 0.29) is 24.1 Å². The highest BCUT2D eigenvalue weighted by molar-refractivity contribution is 7.17. The Morgan fingerprint density at radius 2 is 1.97 bits per heavy atom. The van der Waals surface area contributed by atoms with Crippen LogP contribution in [0.5, 0.6) is 5.75 Å². The Morgan fingerprint density at radius 3 is 2.79 bits per heavy atom. The normalized spacial score (nSPS) is 14.6. The van der Waals surface area contributed by atoms with E-state index in [9.17, 15) is 14.7 Å². The van der Waals surface area contributed by atoms with Gasteiger partial charge in [-0.1, -0.05) is 17.4 Å². The van der Waals surface area contributed by atoms with Crippen LogP contribution < -0.4 is 10.6 Å². The molecule has 0 radical (unpaired) electrons. The van der Waals surface area contributed by atoms with Gasteiger partial charge < -0.3 is 25.5 Å². The maximum Gasteiger partial charge on any atom is 0.267 e. The van der Waals surface area contributed by atoms with Gasteiger partial charge in [0.15, 0.2) is 10.9 Å². The second-order valence-corrected chi connectivity index (χ2v) is 9.48. The van der Waals surface area contributed by atoms with Gasteiger partial charge in [0.05, 0.1) is 11.9 Å². The van der Waals surface area contributed by atoms with Crippen LogP contribution >= 0.6 is 11.3 Å². The number of carbonyl (C=O) groups is 2. The number of nitrogens with zero attached hydrogens (tertiary/aromatic N) is 5. The van der Waals surface area contributed by atoms with Crippen LogP contribution in [0, 0.1) is 13.8 Å². The van der Waals surface area contributed by atoms with Crippen LogP contribution in [0.15, 0.2) is 30.6 Å². The summed E-state index contributed by atoms with van der Waals surface area (Å²) in [4.78, 5) is 34.2. The molecule has 1 aliphatic heterocycles. The number of phenols is 1. The van der Waals surface area contributed by atoms with E-state index in [4.69, 9.17) is 0 Å². The molecule has 0 spiro atoms.